The van der Waals surface area contributed by atoms with Crippen LogP contribution in [-0.4, -0.2) is 30.2 Å². The van der Waals surface area contributed by atoms with Gasteiger partial charge in [-0.15, -0.1) is 0 Å². The summed E-state index contributed by atoms with van der Waals surface area (Å²) in [5.74, 6) is -0.419. The molecule has 4 N–H and O–H groups in total. The molecule has 0 radical (unpaired) electrons. The summed E-state index contributed by atoms with van der Waals surface area (Å²) in [5, 5.41) is 11.7. The molecule has 0 heterocycles. The lowest BCUT2D eigenvalue weighted by atomic mass is 10.1. The lowest BCUT2D eigenvalue weighted by Gasteiger charge is -2.09. The number of nitrogens with two attached hydrogens (primary N) is 1. The number of carbonyl (C=O) groups excluding carboxylic acids is 1. The van der Waals surface area contributed by atoms with Gasteiger partial charge < -0.3 is 16.2 Å². The van der Waals surface area contributed by atoms with E-state index in [1.807, 2.05) is 24.3 Å². The highest BCUT2D eigenvalue weighted by atomic mass is 79.9. The molecule has 5 heteroatoms. The molecule has 0 aliphatic heterocycles. The number of nitrogens with one attached hydrogen (secondary N) is 1. The first-order valence-corrected chi connectivity index (χ1v) is 5.83. The molecule has 1 aromatic rings. The van der Waals surface area contributed by atoms with Crippen molar-refractivity contribution < 1.29 is 9.90 Å². The maximum Gasteiger partial charge on any atom is 0.250 e. The summed E-state index contributed by atoms with van der Waals surface area (Å²) in [7, 11) is 0. The number of carbonyl (C=O) groups is 1. The molecule has 1 amide bonds. The lowest BCUT2D eigenvalue weighted by molar-refractivity contribution is -0.128. The summed E-state index contributed by atoms with van der Waals surface area (Å²) in [6.45, 7) is 0.440. The zero-order valence-electron chi connectivity index (χ0n) is 8.82. The summed E-state index contributed by atoms with van der Waals surface area (Å²) in [5.41, 5.74) is 6.28. The second-order valence-electron chi connectivity index (χ2n) is 3.42. The Morgan fingerprint density at radius 2 is 2.31 bits per heavy atom. The van der Waals surface area contributed by atoms with E-state index in [-0.39, 0.29) is 6.54 Å². The van der Waals surface area contributed by atoms with E-state index in [1.165, 1.54) is 0 Å². The van der Waals surface area contributed by atoms with Crippen LogP contribution in [0, 0.1) is 0 Å². The number of aliphatic hydroxyl groups excluding tert-OH is 1. The lowest BCUT2D eigenvalue weighted by Crippen LogP contribution is -2.39. The molecular formula is C11H15BrN2O2. The minimum atomic E-state index is -1.11. The Labute approximate surface area is 103 Å². The number of hydrogen-bond donors (Lipinski definition) is 3. The molecule has 1 aromatic carbocycles. The zero-order valence-corrected chi connectivity index (χ0v) is 10.4. The summed E-state index contributed by atoms with van der Waals surface area (Å²) in [6.07, 6.45) is -0.384. The Bertz CT molecular complexity index is 358. The van der Waals surface area contributed by atoms with Crippen molar-refractivity contribution in [3.05, 3.63) is 34.3 Å². The number of amides is 1. The maximum atomic E-state index is 11.2. The molecule has 88 valence electrons. The molecule has 0 saturated carbocycles. The third kappa shape index (κ3) is 4.30. The average Bonchev–Trinajstić information content (AvgIpc) is 2.28. The predicted molar refractivity (Wildman–Crippen MR) is 65.9 cm³/mol. The average molecular weight is 287 g/mol. The fourth-order valence-electron chi connectivity index (χ4n) is 1.25. The topological polar surface area (TPSA) is 75.3 Å². The molecule has 1 rings (SSSR count). The van der Waals surface area contributed by atoms with Crippen LogP contribution >= 0.6 is 15.9 Å². The third-order valence-corrected chi connectivity index (χ3v) is 2.62. The van der Waals surface area contributed by atoms with Crippen molar-refractivity contribution in [1.82, 2.24) is 5.32 Å². The van der Waals surface area contributed by atoms with Gasteiger partial charge in [-0.1, -0.05) is 28.1 Å². The first-order chi connectivity index (χ1) is 7.63. The SMILES string of the molecule is NCC(O)C(=O)NCCc1cccc(Br)c1. The maximum absolute atomic E-state index is 11.2. The van der Waals surface area contributed by atoms with Crippen LogP contribution in [0.1, 0.15) is 5.56 Å². The number of halogens is 1. The van der Waals surface area contributed by atoms with Gasteiger partial charge in [0.25, 0.3) is 0 Å². The summed E-state index contributed by atoms with van der Waals surface area (Å²) < 4.78 is 1.01. The van der Waals surface area contributed by atoms with E-state index < -0.39 is 12.0 Å². The minimum absolute atomic E-state index is 0.0529. The van der Waals surface area contributed by atoms with Crippen LogP contribution in [-0.2, 0) is 11.2 Å². The van der Waals surface area contributed by atoms with Crippen molar-refractivity contribution in [3.8, 4) is 0 Å². The quantitative estimate of drug-likeness (QED) is 0.735. The molecule has 16 heavy (non-hydrogen) atoms. The standard InChI is InChI=1S/C11H15BrN2O2/c12-9-3-1-2-8(6-9)4-5-14-11(16)10(15)7-13/h1-3,6,10,15H,4-5,7,13H2,(H,14,16). The van der Waals surface area contributed by atoms with E-state index >= 15 is 0 Å². The van der Waals surface area contributed by atoms with Crippen molar-refractivity contribution in [2.45, 2.75) is 12.5 Å². The molecule has 0 fully saturated rings. The van der Waals surface area contributed by atoms with Gasteiger partial charge in [-0.2, -0.15) is 0 Å². The Kier molecular flexibility index (Phi) is 5.45. The van der Waals surface area contributed by atoms with Crippen LogP contribution < -0.4 is 11.1 Å². The Morgan fingerprint density at radius 1 is 1.56 bits per heavy atom. The van der Waals surface area contributed by atoms with E-state index in [4.69, 9.17) is 10.8 Å². The molecule has 0 aliphatic rings. The molecule has 0 aliphatic carbocycles. The molecule has 1 unspecified atom stereocenters. The third-order valence-electron chi connectivity index (χ3n) is 2.13. The first kappa shape index (κ1) is 13.2. The van der Waals surface area contributed by atoms with Gasteiger partial charge in [-0.3, -0.25) is 4.79 Å². The van der Waals surface area contributed by atoms with Crippen molar-refractivity contribution in [2.24, 2.45) is 5.73 Å². The smallest absolute Gasteiger partial charge is 0.250 e. The normalized spacial score (nSPS) is 12.2. The number of rotatable bonds is 5. The van der Waals surface area contributed by atoms with Crippen molar-refractivity contribution in [2.75, 3.05) is 13.1 Å². The first-order valence-electron chi connectivity index (χ1n) is 5.03. The molecular weight excluding hydrogens is 272 g/mol. The van der Waals surface area contributed by atoms with Gasteiger partial charge in [0.05, 0.1) is 0 Å². The Balaban J connectivity index is 2.33. The Hall–Kier alpha value is -0.910. The fourth-order valence-corrected chi connectivity index (χ4v) is 1.69. The Morgan fingerprint density at radius 3 is 2.94 bits per heavy atom. The van der Waals surface area contributed by atoms with Crippen LogP contribution in [0.15, 0.2) is 28.7 Å². The van der Waals surface area contributed by atoms with Gasteiger partial charge >= 0.3 is 0 Å². The number of hydrogen-bond acceptors (Lipinski definition) is 3. The van der Waals surface area contributed by atoms with Gasteiger partial charge in [-0.05, 0) is 24.1 Å². The van der Waals surface area contributed by atoms with E-state index in [9.17, 15) is 4.79 Å². The van der Waals surface area contributed by atoms with Crippen molar-refractivity contribution in [1.29, 1.82) is 0 Å². The highest BCUT2D eigenvalue weighted by Gasteiger charge is 2.11. The van der Waals surface area contributed by atoms with Gasteiger partial charge in [0.1, 0.15) is 6.10 Å². The van der Waals surface area contributed by atoms with E-state index in [1.54, 1.807) is 0 Å². The molecule has 1 atom stereocenters. The zero-order chi connectivity index (χ0) is 12.0. The van der Waals surface area contributed by atoms with Crippen LogP contribution in [0.5, 0.6) is 0 Å². The molecule has 4 nitrogen and oxygen atoms in total. The second-order valence-corrected chi connectivity index (χ2v) is 4.34. The fraction of sp³-hybridized carbons (Fsp3) is 0.364. The number of benzene rings is 1. The van der Waals surface area contributed by atoms with Gasteiger partial charge in [0.15, 0.2) is 0 Å². The highest BCUT2D eigenvalue weighted by Crippen LogP contribution is 2.11. The summed E-state index contributed by atoms with van der Waals surface area (Å²) in [4.78, 5) is 11.2. The van der Waals surface area contributed by atoms with Gasteiger partial charge in [-0.25, -0.2) is 0 Å². The highest BCUT2D eigenvalue weighted by molar-refractivity contribution is 9.10. The predicted octanol–water partition coefficient (Wildman–Crippen LogP) is 0.427. The minimum Gasteiger partial charge on any atom is -0.382 e. The molecule has 0 bridgehead atoms. The van der Waals surface area contributed by atoms with Crippen LogP contribution in [0.2, 0.25) is 0 Å². The number of aliphatic hydroxyl groups is 1. The molecule has 0 saturated heterocycles. The van der Waals surface area contributed by atoms with Crippen LogP contribution in [0.4, 0.5) is 0 Å². The van der Waals surface area contributed by atoms with E-state index in [0.717, 1.165) is 16.5 Å². The van der Waals surface area contributed by atoms with Gasteiger partial charge in [0.2, 0.25) is 5.91 Å². The summed E-state index contributed by atoms with van der Waals surface area (Å²) in [6, 6.07) is 7.86. The second kappa shape index (κ2) is 6.62. The largest absolute Gasteiger partial charge is 0.382 e. The van der Waals surface area contributed by atoms with E-state index in [2.05, 4.69) is 21.2 Å². The molecule has 0 spiro atoms. The van der Waals surface area contributed by atoms with Crippen LogP contribution in [0.25, 0.3) is 0 Å². The van der Waals surface area contributed by atoms with Gasteiger partial charge in [0, 0.05) is 17.6 Å². The van der Waals surface area contributed by atoms with Crippen molar-refractivity contribution in [3.63, 3.8) is 0 Å². The van der Waals surface area contributed by atoms with Crippen molar-refractivity contribution >= 4 is 21.8 Å². The monoisotopic (exact) mass is 286 g/mol. The van der Waals surface area contributed by atoms with E-state index in [0.29, 0.717) is 6.54 Å². The summed E-state index contributed by atoms with van der Waals surface area (Å²) >= 11 is 3.37. The molecule has 0 aromatic heterocycles. The van der Waals surface area contributed by atoms with Crippen LogP contribution in [0.3, 0.4) is 0 Å².